The van der Waals surface area contributed by atoms with Crippen molar-refractivity contribution in [3.05, 3.63) is 72.8 Å². The smallest absolute Gasteiger partial charge is 0.308 e. The van der Waals surface area contributed by atoms with E-state index in [0.717, 1.165) is 190 Å². The summed E-state index contributed by atoms with van der Waals surface area (Å²) < 4.78 is 130. The van der Waals surface area contributed by atoms with Gasteiger partial charge < -0.3 is 114 Å². The first kappa shape index (κ1) is 88.3. The van der Waals surface area contributed by atoms with Crippen molar-refractivity contribution < 1.29 is 196 Å². The number of carbonyl (C=O) groups excluding carboxylic acids is 17. The Labute approximate surface area is 657 Å². The maximum atomic E-state index is 13.4. The number of ether oxygens (including phenoxy) is 23. The number of phenolic OH excluding ortho intramolecular Hbond substituents is 1. The number of esters is 17. The molecule has 0 spiro atoms. The topological polar surface area (TPSA) is 523 Å². The first-order chi connectivity index (χ1) is 54.8. The SMILES string of the molecule is CC(=O)Oc1cc(OC(C)=O)c(Oc2cc(OC(C)=O)c(Oc3cc(OC(C)=O)c(OC(C)=O)c(OC(C)=O)c3Oc3cc(OC(C)=O)c(Oc4cc(OC(C)=O)cc(OC(C)=O)c4Oc4cc(OC(C)=O)c(Oc5cc(OC(C)=O)c(OC(C)=O)c(OC(C)=O)c5O)c(OC(C)=O)c4)c(OC(C)=O)c3)c(OC(C)=O)c2)c(OC(C)=O)c1. The molecule has 0 amide bonds. The van der Waals surface area contributed by atoms with Crippen LogP contribution in [-0.2, 0) is 81.5 Å². The molecular weight excluding hydrogens is 1570 g/mol. The van der Waals surface area contributed by atoms with Crippen molar-refractivity contribution in [2.75, 3.05) is 0 Å². The summed E-state index contributed by atoms with van der Waals surface area (Å²) in [6, 6.07) is 10.1. The number of benzene rings is 7. The van der Waals surface area contributed by atoms with Crippen molar-refractivity contribution in [3.8, 4) is 172 Å². The zero-order valence-corrected chi connectivity index (χ0v) is 64.2. The Morgan fingerprint density at radius 2 is 0.316 bits per heavy atom. The van der Waals surface area contributed by atoms with Crippen LogP contribution in [0.1, 0.15) is 118 Å². The summed E-state index contributed by atoms with van der Waals surface area (Å²) in [4.78, 5) is 218. The molecule has 1 N–H and O–H groups in total. The molecule has 0 aliphatic heterocycles. The Balaban J connectivity index is 1.53. The Bertz CT molecular complexity index is 5180. The molecule has 0 aliphatic carbocycles. The van der Waals surface area contributed by atoms with Crippen LogP contribution in [0.5, 0.6) is 172 Å². The summed E-state index contributed by atoms with van der Waals surface area (Å²) in [6.45, 7) is 15.1. The number of phenols is 1. The fourth-order valence-corrected chi connectivity index (χ4v) is 9.56. The second-order valence-electron chi connectivity index (χ2n) is 23.2. The van der Waals surface area contributed by atoms with Crippen molar-refractivity contribution in [2.24, 2.45) is 0 Å². The molecule has 0 heterocycles. The molecule has 0 saturated heterocycles. The number of rotatable bonds is 29. The van der Waals surface area contributed by atoms with Gasteiger partial charge in [-0.15, -0.1) is 0 Å². The van der Waals surface area contributed by atoms with E-state index in [1.54, 1.807) is 0 Å². The van der Waals surface area contributed by atoms with Crippen LogP contribution in [0.3, 0.4) is 0 Å². The van der Waals surface area contributed by atoms with Crippen LogP contribution >= 0.6 is 0 Å². The fourth-order valence-electron chi connectivity index (χ4n) is 9.56. The zero-order valence-electron chi connectivity index (χ0n) is 64.2. The van der Waals surface area contributed by atoms with E-state index in [0.29, 0.717) is 0 Å². The normalized spacial score (nSPS) is 10.4. The predicted molar refractivity (Wildman–Crippen MR) is 379 cm³/mol. The van der Waals surface area contributed by atoms with Crippen LogP contribution in [0.15, 0.2) is 72.8 Å². The van der Waals surface area contributed by atoms with Crippen LogP contribution in [-0.4, -0.2) is 107 Å². The molecule has 7 aromatic rings. The summed E-state index contributed by atoms with van der Waals surface area (Å²) in [6.07, 6.45) is 0. The van der Waals surface area contributed by atoms with Crippen molar-refractivity contribution in [3.63, 3.8) is 0 Å². The molecule has 117 heavy (non-hydrogen) atoms. The lowest BCUT2D eigenvalue weighted by atomic mass is 10.2. The standard InChI is InChI=1S/C76H64O41/c1-30(77)95-47-18-53(97-32(3)79)67(54(19-47)98-33(4)80)112-49-24-58(102-37(8)84)71(59(25-49)103-38(9)85)117-65-29-64(107-42(13)89)73(109-44(15)91)76(111-46(17)93)74(65)114-51-26-60(104-39(10)86)70(61(27-51)105-40(11)87)116-62-21-48(96-31(2)78)20-55(99-34(5)81)68(62)113-50-22-56(100-35(6)82)69(57(23-50)101-36(7)83)115-52-28-63(106-41(12)88)72(108-43(14)90)75(66(52)94)110-45(16)92/h18-29,94H,1-17H3. The van der Waals surface area contributed by atoms with Crippen molar-refractivity contribution >= 4 is 101 Å². The van der Waals surface area contributed by atoms with Crippen LogP contribution < -0.4 is 109 Å². The van der Waals surface area contributed by atoms with E-state index in [2.05, 4.69) is 0 Å². The van der Waals surface area contributed by atoms with Gasteiger partial charge in [0, 0.05) is 190 Å². The highest BCUT2D eigenvalue weighted by molar-refractivity contribution is 5.87. The molecular formula is C76H64O41. The summed E-state index contributed by atoms with van der Waals surface area (Å²) in [5.41, 5.74) is 0. The van der Waals surface area contributed by atoms with Gasteiger partial charge in [-0.3, -0.25) is 81.5 Å². The van der Waals surface area contributed by atoms with Crippen molar-refractivity contribution in [2.45, 2.75) is 118 Å². The molecule has 41 heteroatoms. The minimum Gasteiger partial charge on any atom is -0.502 e. The van der Waals surface area contributed by atoms with Gasteiger partial charge in [0.1, 0.15) is 28.7 Å². The maximum Gasteiger partial charge on any atom is 0.308 e. The highest BCUT2D eigenvalue weighted by atomic mass is 16.7. The van der Waals surface area contributed by atoms with E-state index in [4.69, 9.17) is 109 Å². The average Bonchev–Trinajstić information content (AvgIpc) is 0.767. The lowest BCUT2D eigenvalue weighted by Crippen LogP contribution is -2.12. The van der Waals surface area contributed by atoms with Gasteiger partial charge in [0.25, 0.3) is 0 Å². The Morgan fingerprint density at radius 1 is 0.154 bits per heavy atom. The monoisotopic (exact) mass is 1630 g/mol. The van der Waals surface area contributed by atoms with Crippen LogP contribution in [0.25, 0.3) is 0 Å². The van der Waals surface area contributed by atoms with Gasteiger partial charge in [0.15, 0.2) is 80.5 Å². The van der Waals surface area contributed by atoms with E-state index in [1.807, 2.05) is 0 Å². The van der Waals surface area contributed by atoms with Crippen LogP contribution in [0, 0.1) is 0 Å². The summed E-state index contributed by atoms with van der Waals surface area (Å²) >= 11 is 0. The molecule has 41 nitrogen and oxygen atoms in total. The lowest BCUT2D eigenvalue weighted by molar-refractivity contribution is -0.135. The maximum absolute atomic E-state index is 13.4. The van der Waals surface area contributed by atoms with Gasteiger partial charge in [0.2, 0.25) is 63.2 Å². The van der Waals surface area contributed by atoms with E-state index < -0.39 is 268 Å². The van der Waals surface area contributed by atoms with Crippen molar-refractivity contribution in [1.82, 2.24) is 0 Å². The van der Waals surface area contributed by atoms with Gasteiger partial charge in [-0.25, -0.2) is 0 Å². The molecule has 7 rings (SSSR count). The Morgan fingerprint density at radius 3 is 0.573 bits per heavy atom. The minimum atomic E-state index is -1.28. The largest absolute Gasteiger partial charge is 0.502 e. The van der Waals surface area contributed by atoms with E-state index in [-0.39, 0.29) is 5.75 Å². The fraction of sp³-hybridized carbons (Fsp3) is 0.224. The highest BCUT2D eigenvalue weighted by Crippen LogP contribution is 2.60. The number of hydrogen-bond donors (Lipinski definition) is 1. The Kier molecular flexibility index (Phi) is 29.0. The molecule has 614 valence electrons. The zero-order chi connectivity index (χ0) is 86.9. The third-order valence-electron chi connectivity index (χ3n) is 12.8. The molecule has 0 bridgehead atoms. The second-order valence-corrected chi connectivity index (χ2v) is 23.2. The molecule has 0 radical (unpaired) electrons. The molecule has 0 saturated carbocycles. The number of carbonyl (C=O) groups is 17. The van der Waals surface area contributed by atoms with E-state index >= 15 is 0 Å². The third-order valence-corrected chi connectivity index (χ3v) is 12.8. The molecule has 7 aromatic carbocycles. The number of hydrogen-bond acceptors (Lipinski definition) is 41. The molecule has 0 fully saturated rings. The first-order valence-corrected chi connectivity index (χ1v) is 33.0. The number of aromatic hydroxyl groups is 1. The molecule has 0 unspecified atom stereocenters. The summed E-state index contributed by atoms with van der Waals surface area (Å²) in [5, 5.41) is 11.6. The Hall–Kier alpha value is -15.9. The van der Waals surface area contributed by atoms with Gasteiger partial charge in [-0.2, -0.15) is 0 Å². The van der Waals surface area contributed by atoms with E-state index in [1.165, 1.54) is 0 Å². The third kappa shape index (κ3) is 25.1. The summed E-state index contributed by atoms with van der Waals surface area (Å²) in [5.74, 6) is -43.1. The van der Waals surface area contributed by atoms with Crippen LogP contribution in [0.2, 0.25) is 0 Å². The van der Waals surface area contributed by atoms with Gasteiger partial charge in [-0.05, 0) is 0 Å². The van der Waals surface area contributed by atoms with Gasteiger partial charge in [0.05, 0.1) is 0 Å². The molecule has 0 aromatic heterocycles. The lowest BCUT2D eigenvalue weighted by Gasteiger charge is -2.23. The predicted octanol–water partition coefficient (Wildman–Crippen LogP) is 10.9. The van der Waals surface area contributed by atoms with Gasteiger partial charge in [-0.1, -0.05) is 0 Å². The first-order valence-electron chi connectivity index (χ1n) is 33.0. The van der Waals surface area contributed by atoms with Crippen molar-refractivity contribution in [1.29, 1.82) is 0 Å². The average molecular weight is 1630 g/mol. The van der Waals surface area contributed by atoms with E-state index in [9.17, 15) is 86.6 Å². The quantitative estimate of drug-likeness (QED) is 0.0336. The van der Waals surface area contributed by atoms with Crippen LogP contribution in [0.4, 0.5) is 0 Å². The highest BCUT2D eigenvalue weighted by Gasteiger charge is 2.36. The van der Waals surface area contributed by atoms with Gasteiger partial charge >= 0.3 is 101 Å². The minimum absolute atomic E-state index is 0.343. The summed E-state index contributed by atoms with van der Waals surface area (Å²) in [7, 11) is 0. The molecule has 0 atom stereocenters. The molecule has 0 aliphatic rings. The second kappa shape index (κ2) is 38.4.